The fourth-order valence-electron chi connectivity index (χ4n) is 3.58. The number of phenolic OH excluding ortho intramolecular Hbond substituents is 1. The first-order chi connectivity index (χ1) is 16.8. The summed E-state index contributed by atoms with van der Waals surface area (Å²) in [5, 5.41) is 24.5. The number of fused-ring (bicyclic) bond motifs is 1. The highest BCUT2D eigenvalue weighted by Crippen LogP contribution is 2.18. The van der Waals surface area contributed by atoms with Gasteiger partial charge in [0.25, 0.3) is 5.56 Å². The molecule has 3 N–H and O–H groups in total. The van der Waals surface area contributed by atoms with Crippen LogP contribution in [0.5, 0.6) is 11.5 Å². The van der Waals surface area contributed by atoms with E-state index in [1.165, 1.54) is 23.2 Å². The van der Waals surface area contributed by atoms with Gasteiger partial charge in [-0.15, -0.1) is 0 Å². The molecule has 0 fully saturated rings. The van der Waals surface area contributed by atoms with E-state index in [9.17, 15) is 19.8 Å². The van der Waals surface area contributed by atoms with Gasteiger partial charge in [0, 0.05) is 14.1 Å². The Balaban J connectivity index is 1.69. The van der Waals surface area contributed by atoms with Crippen molar-refractivity contribution in [1.82, 2.24) is 18.7 Å². The summed E-state index contributed by atoms with van der Waals surface area (Å²) in [6.45, 7) is 1.71. The van der Waals surface area contributed by atoms with Gasteiger partial charge >= 0.3 is 5.69 Å². The maximum Gasteiger partial charge on any atom is 0.332 e. The van der Waals surface area contributed by atoms with Crippen LogP contribution in [0.2, 0.25) is 0 Å². The van der Waals surface area contributed by atoms with Crippen LogP contribution in [0.1, 0.15) is 12.5 Å². The Morgan fingerprint density at radius 2 is 1.77 bits per heavy atom. The molecule has 2 aromatic carbocycles. The number of phenols is 1. The highest BCUT2D eigenvalue weighted by atomic mass is 16.5. The molecular formula is C24H26N6O5. The van der Waals surface area contributed by atoms with Gasteiger partial charge in [-0.1, -0.05) is 18.2 Å². The molecule has 0 spiro atoms. The van der Waals surface area contributed by atoms with E-state index in [0.717, 1.165) is 10.1 Å². The van der Waals surface area contributed by atoms with Crippen molar-refractivity contribution < 1.29 is 14.9 Å². The maximum atomic E-state index is 13.0. The Labute approximate surface area is 200 Å². The molecule has 0 saturated carbocycles. The van der Waals surface area contributed by atoms with Crippen molar-refractivity contribution in [2.24, 2.45) is 19.2 Å². The third-order valence-electron chi connectivity index (χ3n) is 5.54. The van der Waals surface area contributed by atoms with E-state index in [1.807, 2.05) is 18.2 Å². The molecule has 0 aliphatic heterocycles. The molecule has 1 unspecified atom stereocenters. The van der Waals surface area contributed by atoms with Crippen molar-refractivity contribution in [3.8, 4) is 11.5 Å². The number of hydrogen-bond acceptors (Lipinski definition) is 8. The predicted octanol–water partition coefficient (Wildman–Crippen LogP) is 1.42. The predicted molar refractivity (Wildman–Crippen MR) is 132 cm³/mol. The molecule has 0 aliphatic rings. The molecule has 0 aliphatic carbocycles. The normalized spacial score (nSPS) is 12.6. The third-order valence-corrected chi connectivity index (χ3v) is 5.54. The lowest BCUT2D eigenvalue weighted by Gasteiger charge is -2.15. The standard InChI is InChI=1S/C24H26N6O5/c1-15(16-9-11-17(31)12-10-16)26-27-23-25-21-20(22(33)29(3)24(34)28(21)2)30(23)13-18(32)14-35-19-7-5-4-6-8-19/h4-12,18,31-32H,13-14H2,1-3H3,(H,25,27)/b26-15+. The minimum atomic E-state index is -0.989. The van der Waals surface area contributed by atoms with Crippen molar-refractivity contribution in [3.05, 3.63) is 81.0 Å². The van der Waals surface area contributed by atoms with Crippen LogP contribution in [-0.4, -0.2) is 47.3 Å². The Hall–Kier alpha value is -4.38. The number of anilines is 1. The first-order valence-electron chi connectivity index (χ1n) is 10.9. The fraction of sp³-hybridized carbons (Fsp3) is 0.250. The van der Waals surface area contributed by atoms with Crippen molar-refractivity contribution in [2.45, 2.75) is 19.6 Å². The minimum Gasteiger partial charge on any atom is -0.508 e. The average Bonchev–Trinajstić information content (AvgIpc) is 3.22. The number of ether oxygens (including phenoxy) is 1. The lowest BCUT2D eigenvalue weighted by atomic mass is 10.1. The van der Waals surface area contributed by atoms with Crippen LogP contribution >= 0.6 is 0 Å². The molecule has 11 heteroatoms. The van der Waals surface area contributed by atoms with Gasteiger partial charge in [-0.2, -0.15) is 10.1 Å². The zero-order valence-electron chi connectivity index (χ0n) is 19.5. The van der Waals surface area contributed by atoms with Crippen LogP contribution in [0, 0.1) is 0 Å². The Bertz CT molecular complexity index is 1490. The maximum absolute atomic E-state index is 13.0. The highest BCUT2D eigenvalue weighted by Gasteiger charge is 2.21. The zero-order chi connectivity index (χ0) is 25.1. The second-order valence-corrected chi connectivity index (χ2v) is 8.06. The summed E-state index contributed by atoms with van der Waals surface area (Å²) in [5.74, 6) is 0.919. The van der Waals surface area contributed by atoms with E-state index in [-0.39, 0.29) is 36.0 Å². The zero-order valence-corrected chi connectivity index (χ0v) is 19.5. The Morgan fingerprint density at radius 3 is 2.46 bits per heavy atom. The van der Waals surface area contributed by atoms with E-state index in [2.05, 4.69) is 15.5 Å². The summed E-state index contributed by atoms with van der Waals surface area (Å²) < 4.78 is 9.38. The van der Waals surface area contributed by atoms with E-state index in [4.69, 9.17) is 4.74 Å². The molecule has 0 bridgehead atoms. The van der Waals surface area contributed by atoms with E-state index in [1.54, 1.807) is 43.3 Å². The van der Waals surface area contributed by atoms with Gasteiger partial charge in [-0.25, -0.2) is 10.2 Å². The number of aromatic nitrogens is 4. The van der Waals surface area contributed by atoms with Crippen molar-refractivity contribution in [2.75, 3.05) is 12.0 Å². The molecule has 4 rings (SSSR count). The Morgan fingerprint density at radius 1 is 1.09 bits per heavy atom. The number of nitrogens with zero attached hydrogens (tertiary/aromatic N) is 5. The summed E-state index contributed by atoms with van der Waals surface area (Å²) in [5.41, 5.74) is 3.45. The molecule has 11 nitrogen and oxygen atoms in total. The van der Waals surface area contributed by atoms with Crippen LogP contribution < -0.4 is 21.4 Å². The number of aliphatic hydroxyl groups excluding tert-OH is 1. The van der Waals surface area contributed by atoms with Gasteiger partial charge in [0.15, 0.2) is 11.2 Å². The van der Waals surface area contributed by atoms with Crippen LogP contribution in [0.15, 0.2) is 69.3 Å². The minimum absolute atomic E-state index is 0.0228. The molecule has 2 aromatic heterocycles. The smallest absolute Gasteiger partial charge is 0.332 e. The second-order valence-electron chi connectivity index (χ2n) is 8.06. The molecule has 182 valence electrons. The second kappa shape index (κ2) is 9.85. The molecule has 0 saturated heterocycles. The highest BCUT2D eigenvalue weighted by molar-refractivity contribution is 5.99. The van der Waals surface area contributed by atoms with E-state index >= 15 is 0 Å². The largest absolute Gasteiger partial charge is 0.508 e. The number of para-hydroxylation sites is 1. The van der Waals surface area contributed by atoms with Gasteiger partial charge in [0.05, 0.1) is 12.3 Å². The molecule has 0 amide bonds. The number of nitrogens with one attached hydrogen (secondary N) is 1. The van der Waals surface area contributed by atoms with Crippen LogP contribution in [-0.2, 0) is 20.6 Å². The molecule has 0 radical (unpaired) electrons. The summed E-state index contributed by atoms with van der Waals surface area (Å²) >= 11 is 0. The molecule has 1 atom stereocenters. The summed E-state index contributed by atoms with van der Waals surface area (Å²) in [6, 6.07) is 15.6. The first-order valence-corrected chi connectivity index (χ1v) is 10.9. The third kappa shape index (κ3) is 4.94. The first kappa shape index (κ1) is 23.8. The van der Waals surface area contributed by atoms with Crippen LogP contribution in [0.4, 0.5) is 5.95 Å². The monoisotopic (exact) mass is 478 g/mol. The average molecular weight is 479 g/mol. The number of aliphatic hydroxyl groups is 1. The Kier molecular flexibility index (Phi) is 6.69. The van der Waals surface area contributed by atoms with Gasteiger partial charge in [0.1, 0.15) is 24.2 Å². The van der Waals surface area contributed by atoms with Gasteiger partial charge in [0.2, 0.25) is 5.95 Å². The lowest BCUT2D eigenvalue weighted by molar-refractivity contribution is 0.0938. The number of benzene rings is 2. The number of aryl methyl sites for hydroxylation is 1. The number of hydrogen-bond donors (Lipinski definition) is 3. The molecule has 2 heterocycles. The number of imidazole rings is 1. The molecule has 4 aromatic rings. The summed E-state index contributed by atoms with van der Waals surface area (Å²) in [4.78, 5) is 29.8. The van der Waals surface area contributed by atoms with Crippen molar-refractivity contribution >= 4 is 22.8 Å². The molecule has 35 heavy (non-hydrogen) atoms. The van der Waals surface area contributed by atoms with Crippen LogP contribution in [0.3, 0.4) is 0 Å². The van der Waals surface area contributed by atoms with Gasteiger partial charge in [-0.05, 0) is 48.9 Å². The van der Waals surface area contributed by atoms with Gasteiger partial charge in [-0.3, -0.25) is 13.9 Å². The quantitative estimate of drug-likeness (QED) is 0.257. The fourth-order valence-corrected chi connectivity index (χ4v) is 3.58. The number of rotatable bonds is 8. The summed E-state index contributed by atoms with van der Waals surface area (Å²) in [6.07, 6.45) is -0.989. The van der Waals surface area contributed by atoms with Crippen molar-refractivity contribution in [1.29, 1.82) is 0 Å². The number of hydrazone groups is 1. The van der Waals surface area contributed by atoms with E-state index < -0.39 is 17.4 Å². The SMILES string of the molecule is C/C(=N\Nc1nc2c(c(=O)n(C)c(=O)n2C)n1CC(O)COc1ccccc1)c1ccc(O)cc1. The van der Waals surface area contributed by atoms with Crippen molar-refractivity contribution in [3.63, 3.8) is 0 Å². The number of aromatic hydroxyl groups is 1. The van der Waals surface area contributed by atoms with Gasteiger partial charge < -0.3 is 19.5 Å². The molecular weight excluding hydrogens is 452 g/mol. The summed E-state index contributed by atoms with van der Waals surface area (Å²) in [7, 11) is 2.90. The van der Waals surface area contributed by atoms with E-state index in [0.29, 0.717) is 11.5 Å². The van der Waals surface area contributed by atoms with Crippen LogP contribution in [0.25, 0.3) is 11.2 Å². The lowest BCUT2D eigenvalue weighted by Crippen LogP contribution is -2.38. The topological polar surface area (TPSA) is 136 Å².